The summed E-state index contributed by atoms with van der Waals surface area (Å²) >= 11 is 3.91. The van der Waals surface area contributed by atoms with Crippen LogP contribution in [-0.2, 0) is 28.5 Å². The highest BCUT2D eigenvalue weighted by Gasteiger charge is 2.05. The molecule has 9 heteroatoms. The second-order valence-corrected chi connectivity index (χ2v) is 4.77. The van der Waals surface area contributed by atoms with Crippen LogP contribution in [0.1, 0.15) is 6.42 Å². The van der Waals surface area contributed by atoms with E-state index in [2.05, 4.69) is 12.6 Å². The highest BCUT2D eigenvalue weighted by Crippen LogP contribution is 1.90. The van der Waals surface area contributed by atoms with Gasteiger partial charge in [0.25, 0.3) is 0 Å². The van der Waals surface area contributed by atoms with Crippen LogP contribution < -0.4 is 5.73 Å². The Bertz CT molecular complexity index is 274. The van der Waals surface area contributed by atoms with Crippen LogP contribution in [0.25, 0.3) is 0 Å². The highest BCUT2D eigenvalue weighted by molar-refractivity contribution is 7.80. The molecule has 0 aliphatic heterocycles. The summed E-state index contributed by atoms with van der Waals surface area (Å²) in [6, 6.07) is 0. The van der Waals surface area contributed by atoms with Gasteiger partial charge in [-0.15, -0.1) is 0 Å². The third-order valence-electron chi connectivity index (χ3n) is 2.74. The van der Waals surface area contributed by atoms with Crippen LogP contribution in [0, 0.1) is 0 Å². The number of rotatable bonds is 17. The largest absolute Gasteiger partial charge is 0.379 e. The molecule has 8 nitrogen and oxygen atoms in total. The number of thiol groups is 1. The van der Waals surface area contributed by atoms with Crippen LogP contribution in [0.5, 0.6) is 0 Å². The van der Waals surface area contributed by atoms with Crippen molar-refractivity contribution in [1.82, 2.24) is 4.90 Å². The maximum Gasteiger partial charge on any atom is 0.225 e. The molecular formula is C14H30N2O6S. The van der Waals surface area contributed by atoms with Crippen molar-refractivity contribution in [1.29, 1.82) is 0 Å². The van der Waals surface area contributed by atoms with Crippen molar-refractivity contribution in [3.63, 3.8) is 0 Å². The van der Waals surface area contributed by atoms with Gasteiger partial charge in [-0.25, -0.2) is 0 Å². The Kier molecular flexibility index (Phi) is 17.6. The fourth-order valence-corrected chi connectivity index (χ4v) is 1.53. The van der Waals surface area contributed by atoms with Gasteiger partial charge in [-0.05, 0) is 0 Å². The molecule has 0 aromatic carbocycles. The SMILES string of the molecule is CN(CN)C(=O)CCOCCOCCOCCOCCOCS. The second kappa shape index (κ2) is 17.9. The van der Waals surface area contributed by atoms with E-state index in [9.17, 15) is 4.79 Å². The van der Waals surface area contributed by atoms with E-state index < -0.39 is 0 Å². The van der Waals surface area contributed by atoms with Crippen molar-refractivity contribution in [3.8, 4) is 0 Å². The van der Waals surface area contributed by atoms with Crippen molar-refractivity contribution in [2.75, 3.05) is 79.1 Å². The average Bonchev–Trinajstić information content (AvgIpc) is 2.57. The Balaban J connectivity index is 3.09. The molecule has 0 unspecified atom stereocenters. The fourth-order valence-electron chi connectivity index (χ4n) is 1.40. The molecule has 0 aliphatic carbocycles. The highest BCUT2D eigenvalue weighted by atomic mass is 32.1. The summed E-state index contributed by atoms with van der Waals surface area (Å²) in [4.78, 5) is 12.9. The molecule has 0 saturated heterocycles. The van der Waals surface area contributed by atoms with Crippen LogP contribution >= 0.6 is 12.6 Å². The number of nitrogens with two attached hydrogens (primary N) is 1. The van der Waals surface area contributed by atoms with Gasteiger partial charge in [-0.2, -0.15) is 12.6 Å². The molecule has 0 spiro atoms. The predicted molar refractivity (Wildman–Crippen MR) is 89.5 cm³/mol. The summed E-state index contributed by atoms with van der Waals surface area (Å²) in [5, 5.41) is 0. The van der Waals surface area contributed by atoms with Gasteiger partial charge in [0.05, 0.1) is 78.5 Å². The lowest BCUT2D eigenvalue weighted by Crippen LogP contribution is -2.32. The Morgan fingerprint density at radius 2 is 1.22 bits per heavy atom. The first-order valence-electron chi connectivity index (χ1n) is 7.66. The van der Waals surface area contributed by atoms with E-state index in [1.165, 1.54) is 4.90 Å². The van der Waals surface area contributed by atoms with Gasteiger partial charge in [0.1, 0.15) is 0 Å². The monoisotopic (exact) mass is 354 g/mol. The molecule has 0 fully saturated rings. The van der Waals surface area contributed by atoms with Crippen LogP contribution in [0.2, 0.25) is 0 Å². The summed E-state index contributed by atoms with van der Waals surface area (Å²) in [6.45, 7) is 4.67. The number of hydrogen-bond acceptors (Lipinski definition) is 8. The van der Waals surface area contributed by atoms with Crippen molar-refractivity contribution < 1.29 is 28.5 Å². The molecule has 0 heterocycles. The molecule has 0 rings (SSSR count). The van der Waals surface area contributed by atoms with Gasteiger partial charge >= 0.3 is 0 Å². The van der Waals surface area contributed by atoms with Gasteiger partial charge < -0.3 is 34.3 Å². The van der Waals surface area contributed by atoms with Crippen molar-refractivity contribution in [3.05, 3.63) is 0 Å². The van der Waals surface area contributed by atoms with E-state index in [4.69, 9.17) is 29.4 Å². The lowest BCUT2D eigenvalue weighted by molar-refractivity contribution is -0.131. The van der Waals surface area contributed by atoms with Crippen molar-refractivity contribution in [2.45, 2.75) is 6.42 Å². The number of amides is 1. The minimum Gasteiger partial charge on any atom is -0.379 e. The Morgan fingerprint density at radius 1 is 0.826 bits per heavy atom. The first-order valence-corrected chi connectivity index (χ1v) is 8.29. The van der Waals surface area contributed by atoms with E-state index in [1.54, 1.807) is 7.05 Å². The maximum atomic E-state index is 11.4. The fraction of sp³-hybridized carbons (Fsp3) is 0.929. The van der Waals surface area contributed by atoms with E-state index in [0.717, 1.165) is 0 Å². The standard InChI is InChI=1S/C14H30N2O6S/c1-16(12-15)14(17)2-3-18-4-5-19-6-7-20-8-9-21-10-11-22-13-23/h23H,2-13,15H2,1H3. The van der Waals surface area contributed by atoms with Crippen LogP contribution in [-0.4, -0.2) is 89.9 Å². The normalized spacial score (nSPS) is 10.9. The smallest absolute Gasteiger partial charge is 0.225 e. The molecule has 0 aromatic rings. The molecule has 0 radical (unpaired) electrons. The van der Waals surface area contributed by atoms with Gasteiger partial charge in [0.15, 0.2) is 0 Å². The number of hydrogen-bond donors (Lipinski definition) is 2. The topological polar surface area (TPSA) is 92.5 Å². The van der Waals surface area contributed by atoms with Crippen LogP contribution in [0.3, 0.4) is 0 Å². The average molecular weight is 354 g/mol. The van der Waals surface area contributed by atoms with Crippen LogP contribution in [0.15, 0.2) is 0 Å². The summed E-state index contributed by atoms with van der Waals surface area (Å²) in [6.07, 6.45) is 0.329. The van der Waals surface area contributed by atoms with E-state index in [1.807, 2.05) is 0 Å². The molecule has 1 amide bonds. The van der Waals surface area contributed by atoms with Gasteiger partial charge in [0, 0.05) is 7.05 Å². The zero-order chi connectivity index (χ0) is 17.2. The third kappa shape index (κ3) is 16.2. The number of carbonyl (C=O) groups excluding carboxylic acids is 1. The van der Waals surface area contributed by atoms with Crippen LogP contribution in [0.4, 0.5) is 0 Å². The predicted octanol–water partition coefficient (Wildman–Crippen LogP) is -0.279. The Hall–Kier alpha value is -0.420. The quantitative estimate of drug-likeness (QED) is 0.211. The number of nitrogens with zero attached hydrogens (tertiary/aromatic N) is 1. The van der Waals surface area contributed by atoms with Gasteiger partial charge in [-0.3, -0.25) is 4.79 Å². The molecule has 2 N–H and O–H groups in total. The summed E-state index contributed by atoms with van der Waals surface area (Å²) in [7, 11) is 1.66. The molecule has 0 bridgehead atoms. The summed E-state index contributed by atoms with van der Waals surface area (Å²) in [5.74, 6) is 0.378. The van der Waals surface area contributed by atoms with Crippen molar-refractivity contribution >= 4 is 18.5 Å². The van der Waals surface area contributed by atoms with Gasteiger partial charge in [-0.1, -0.05) is 0 Å². The lowest BCUT2D eigenvalue weighted by Gasteiger charge is -2.13. The van der Waals surface area contributed by atoms with E-state index in [0.29, 0.717) is 71.8 Å². The van der Waals surface area contributed by atoms with E-state index >= 15 is 0 Å². The summed E-state index contributed by atoms with van der Waals surface area (Å²) in [5.41, 5.74) is 5.35. The second-order valence-electron chi connectivity index (χ2n) is 4.51. The molecule has 138 valence electrons. The number of carbonyl (C=O) groups is 1. The zero-order valence-electron chi connectivity index (χ0n) is 13.9. The molecule has 0 saturated carbocycles. The first-order chi connectivity index (χ1) is 11.2. The lowest BCUT2D eigenvalue weighted by atomic mass is 10.4. The Morgan fingerprint density at radius 3 is 1.61 bits per heavy atom. The van der Waals surface area contributed by atoms with Crippen molar-refractivity contribution in [2.24, 2.45) is 5.73 Å². The Labute approximate surface area is 143 Å². The minimum atomic E-state index is -0.0266. The number of ether oxygens (including phenoxy) is 5. The maximum absolute atomic E-state index is 11.4. The molecule has 0 aromatic heterocycles. The first kappa shape index (κ1) is 22.6. The third-order valence-corrected chi connectivity index (χ3v) is 2.92. The van der Waals surface area contributed by atoms with Gasteiger partial charge in [0.2, 0.25) is 5.91 Å². The molecule has 0 aliphatic rings. The molecule has 0 atom stereocenters. The summed E-state index contributed by atoms with van der Waals surface area (Å²) < 4.78 is 26.2. The molecule has 23 heavy (non-hydrogen) atoms. The molecular weight excluding hydrogens is 324 g/mol. The van der Waals surface area contributed by atoms with E-state index in [-0.39, 0.29) is 12.6 Å². The minimum absolute atomic E-state index is 0.0266. The zero-order valence-corrected chi connectivity index (χ0v) is 14.8.